The molecule has 114 valence electrons. The van der Waals surface area contributed by atoms with E-state index >= 15 is 0 Å². The van der Waals surface area contributed by atoms with Crippen LogP contribution in [0.25, 0.3) is 0 Å². The first kappa shape index (κ1) is 16.5. The summed E-state index contributed by atoms with van der Waals surface area (Å²) < 4.78 is 10.3. The van der Waals surface area contributed by atoms with Gasteiger partial charge in [0.05, 0.1) is 6.61 Å². The average Bonchev–Trinajstić information content (AvgIpc) is 2.29. The molecule has 0 aliphatic carbocycles. The number of amides is 1. The second-order valence-electron chi connectivity index (χ2n) is 6.05. The number of likely N-dealkylation sites (tertiary alicyclic amines) is 1. The Labute approximate surface area is 120 Å². The molecule has 0 bridgehead atoms. The molecule has 1 amide bonds. The molecular formula is C15H25NO4. The van der Waals surface area contributed by atoms with E-state index < -0.39 is 5.60 Å². The lowest BCUT2D eigenvalue weighted by Gasteiger charge is -2.36. The number of rotatable bonds is 2. The van der Waals surface area contributed by atoms with Crippen molar-refractivity contribution in [2.45, 2.75) is 59.1 Å². The molecule has 5 nitrogen and oxygen atoms in total. The molecule has 0 aromatic carbocycles. The fourth-order valence-electron chi connectivity index (χ4n) is 2.04. The number of hydrogen-bond acceptors (Lipinski definition) is 4. The van der Waals surface area contributed by atoms with E-state index in [-0.39, 0.29) is 18.1 Å². The van der Waals surface area contributed by atoms with Gasteiger partial charge in [-0.05, 0) is 53.0 Å². The molecule has 0 spiro atoms. The second kappa shape index (κ2) is 6.77. The Balaban J connectivity index is 2.71. The standard InChI is InChI=1S/C15H25NO4/c1-6-19-13(17)9-12-8-7-11(2)16(10-12)14(18)20-15(3,4)5/h9,11H,6-8,10H2,1-5H3/b12-9-. The van der Waals surface area contributed by atoms with Crippen LogP contribution in [-0.2, 0) is 14.3 Å². The van der Waals surface area contributed by atoms with Gasteiger partial charge >= 0.3 is 12.1 Å². The van der Waals surface area contributed by atoms with E-state index in [0.717, 1.165) is 18.4 Å². The van der Waals surface area contributed by atoms with Crippen molar-refractivity contribution in [2.24, 2.45) is 0 Å². The van der Waals surface area contributed by atoms with Crippen molar-refractivity contribution in [1.29, 1.82) is 0 Å². The molecule has 0 N–H and O–H groups in total. The first-order valence-corrected chi connectivity index (χ1v) is 7.08. The van der Waals surface area contributed by atoms with Gasteiger partial charge in [-0.2, -0.15) is 0 Å². The summed E-state index contributed by atoms with van der Waals surface area (Å²) in [6.07, 6.45) is 2.79. The highest BCUT2D eigenvalue weighted by molar-refractivity contribution is 5.83. The van der Waals surface area contributed by atoms with Crippen molar-refractivity contribution < 1.29 is 19.1 Å². The maximum absolute atomic E-state index is 12.1. The third-order valence-electron chi connectivity index (χ3n) is 3.03. The van der Waals surface area contributed by atoms with E-state index in [9.17, 15) is 9.59 Å². The maximum Gasteiger partial charge on any atom is 0.410 e. The van der Waals surface area contributed by atoms with Gasteiger partial charge in [0.2, 0.25) is 0 Å². The lowest BCUT2D eigenvalue weighted by molar-refractivity contribution is -0.137. The van der Waals surface area contributed by atoms with Crippen molar-refractivity contribution in [3.8, 4) is 0 Å². The van der Waals surface area contributed by atoms with Gasteiger partial charge in [-0.15, -0.1) is 0 Å². The Morgan fingerprint density at radius 3 is 2.60 bits per heavy atom. The van der Waals surface area contributed by atoms with Gasteiger partial charge in [-0.25, -0.2) is 9.59 Å². The van der Waals surface area contributed by atoms with Gasteiger partial charge in [0.15, 0.2) is 0 Å². The fraction of sp³-hybridized carbons (Fsp3) is 0.733. The summed E-state index contributed by atoms with van der Waals surface area (Å²) in [5.41, 5.74) is 0.395. The minimum atomic E-state index is -0.515. The molecule has 1 heterocycles. The molecule has 0 aromatic rings. The summed E-state index contributed by atoms with van der Waals surface area (Å²) in [5, 5.41) is 0. The van der Waals surface area contributed by atoms with Gasteiger partial charge in [-0.1, -0.05) is 0 Å². The van der Waals surface area contributed by atoms with Crippen LogP contribution in [0.3, 0.4) is 0 Å². The van der Waals surface area contributed by atoms with E-state index in [1.54, 1.807) is 11.8 Å². The van der Waals surface area contributed by atoms with Crippen LogP contribution in [0.4, 0.5) is 4.79 Å². The van der Waals surface area contributed by atoms with Gasteiger partial charge in [0.25, 0.3) is 0 Å². The summed E-state index contributed by atoms with van der Waals surface area (Å²) in [4.78, 5) is 25.3. The number of ether oxygens (including phenoxy) is 2. The van der Waals surface area contributed by atoms with Crippen molar-refractivity contribution >= 4 is 12.1 Å². The van der Waals surface area contributed by atoms with Crippen LogP contribution in [0.2, 0.25) is 0 Å². The Hall–Kier alpha value is -1.52. The molecule has 1 atom stereocenters. The normalized spacial score (nSPS) is 21.8. The summed E-state index contributed by atoms with van der Waals surface area (Å²) in [6, 6.07) is 0.115. The molecule has 20 heavy (non-hydrogen) atoms. The van der Waals surface area contributed by atoms with Crippen molar-refractivity contribution in [3.05, 3.63) is 11.6 Å². The maximum atomic E-state index is 12.1. The topological polar surface area (TPSA) is 55.8 Å². The highest BCUT2D eigenvalue weighted by atomic mass is 16.6. The number of esters is 1. The summed E-state index contributed by atoms with van der Waals surface area (Å²) in [7, 11) is 0. The van der Waals surface area contributed by atoms with Crippen LogP contribution >= 0.6 is 0 Å². The highest BCUT2D eigenvalue weighted by Crippen LogP contribution is 2.23. The zero-order valence-electron chi connectivity index (χ0n) is 13.1. The number of piperidine rings is 1. The zero-order valence-corrected chi connectivity index (χ0v) is 13.1. The molecule has 1 rings (SSSR count). The third-order valence-corrected chi connectivity index (χ3v) is 3.03. The molecule has 1 saturated heterocycles. The van der Waals surface area contributed by atoms with Crippen molar-refractivity contribution in [1.82, 2.24) is 4.90 Å². The van der Waals surface area contributed by atoms with Gasteiger partial charge in [-0.3, -0.25) is 0 Å². The van der Waals surface area contributed by atoms with E-state index in [4.69, 9.17) is 9.47 Å². The van der Waals surface area contributed by atoms with Gasteiger partial charge in [0, 0.05) is 18.7 Å². The van der Waals surface area contributed by atoms with Crippen LogP contribution in [0.5, 0.6) is 0 Å². The molecule has 1 aliphatic heterocycles. The van der Waals surface area contributed by atoms with Gasteiger partial charge in [0.1, 0.15) is 5.60 Å². The fourth-order valence-corrected chi connectivity index (χ4v) is 2.04. The Morgan fingerprint density at radius 1 is 1.40 bits per heavy atom. The molecule has 5 heteroatoms. The predicted octanol–water partition coefficient (Wildman–Crippen LogP) is 2.90. The minimum absolute atomic E-state index is 0.115. The first-order valence-electron chi connectivity index (χ1n) is 7.08. The van der Waals surface area contributed by atoms with E-state index in [1.165, 1.54) is 6.08 Å². The molecule has 0 aromatic heterocycles. The smallest absolute Gasteiger partial charge is 0.410 e. The molecule has 1 aliphatic rings. The van der Waals surface area contributed by atoms with Crippen LogP contribution in [0.1, 0.15) is 47.5 Å². The Bertz CT molecular complexity index is 395. The number of carbonyl (C=O) groups excluding carboxylic acids is 2. The minimum Gasteiger partial charge on any atom is -0.463 e. The third kappa shape index (κ3) is 5.23. The van der Waals surface area contributed by atoms with Crippen LogP contribution in [0, 0.1) is 0 Å². The zero-order chi connectivity index (χ0) is 15.3. The molecule has 1 fully saturated rings. The molecule has 0 radical (unpaired) electrons. The molecular weight excluding hydrogens is 258 g/mol. The SMILES string of the molecule is CCOC(=O)/C=C1/CCC(C)N(C(=O)OC(C)(C)C)C1. The largest absolute Gasteiger partial charge is 0.463 e. The monoisotopic (exact) mass is 283 g/mol. The molecule has 0 saturated carbocycles. The van der Waals surface area contributed by atoms with Crippen LogP contribution in [-0.4, -0.2) is 41.8 Å². The summed E-state index contributed by atoms with van der Waals surface area (Å²) in [5.74, 6) is -0.346. The van der Waals surface area contributed by atoms with Crippen LogP contribution in [0.15, 0.2) is 11.6 Å². The summed E-state index contributed by atoms with van der Waals surface area (Å²) >= 11 is 0. The summed E-state index contributed by atoms with van der Waals surface area (Å²) in [6.45, 7) is 10.1. The quantitative estimate of drug-likeness (QED) is 0.577. The first-order chi connectivity index (χ1) is 9.23. The number of hydrogen-bond donors (Lipinski definition) is 0. The van der Waals surface area contributed by atoms with Crippen LogP contribution < -0.4 is 0 Å². The lowest BCUT2D eigenvalue weighted by Crippen LogP contribution is -2.45. The second-order valence-corrected chi connectivity index (χ2v) is 6.05. The number of nitrogens with zero attached hydrogens (tertiary/aromatic N) is 1. The van der Waals surface area contributed by atoms with Crippen molar-refractivity contribution in [2.75, 3.05) is 13.2 Å². The van der Waals surface area contributed by atoms with E-state index in [0.29, 0.717) is 13.2 Å². The average molecular weight is 283 g/mol. The lowest BCUT2D eigenvalue weighted by atomic mass is 9.99. The Kier molecular flexibility index (Phi) is 5.60. The van der Waals surface area contributed by atoms with E-state index in [2.05, 4.69) is 0 Å². The van der Waals surface area contributed by atoms with E-state index in [1.807, 2.05) is 27.7 Å². The Morgan fingerprint density at radius 2 is 2.05 bits per heavy atom. The number of carbonyl (C=O) groups is 2. The van der Waals surface area contributed by atoms with Gasteiger partial charge < -0.3 is 14.4 Å². The predicted molar refractivity (Wildman–Crippen MR) is 76.4 cm³/mol. The highest BCUT2D eigenvalue weighted by Gasteiger charge is 2.29. The molecule has 1 unspecified atom stereocenters. The van der Waals surface area contributed by atoms with Crippen molar-refractivity contribution in [3.63, 3.8) is 0 Å².